The van der Waals surface area contributed by atoms with Crippen LogP contribution < -0.4 is 5.32 Å². The Kier molecular flexibility index (Phi) is 6.39. The van der Waals surface area contributed by atoms with E-state index in [1.54, 1.807) is 16.9 Å². The van der Waals surface area contributed by atoms with E-state index in [1.807, 2.05) is 84.9 Å². The van der Waals surface area contributed by atoms with Gasteiger partial charge in [0.05, 0.1) is 5.69 Å². The van der Waals surface area contributed by atoms with Crippen LogP contribution in [0.2, 0.25) is 0 Å². The minimum absolute atomic E-state index is 0.0228. The number of anilines is 1. The molecular formula is C31H24N6O. The second kappa shape index (κ2) is 10.4. The van der Waals surface area contributed by atoms with Gasteiger partial charge in [0.25, 0.3) is 0 Å². The molecule has 0 spiro atoms. The minimum Gasteiger partial charge on any atom is -0.326 e. The van der Waals surface area contributed by atoms with Crippen molar-refractivity contribution in [3.63, 3.8) is 0 Å². The molecule has 3 heterocycles. The molecule has 0 atom stereocenters. The van der Waals surface area contributed by atoms with Crippen LogP contribution in [0.15, 0.2) is 122 Å². The van der Waals surface area contributed by atoms with Gasteiger partial charge in [0.1, 0.15) is 0 Å². The molecule has 7 nitrogen and oxygen atoms in total. The predicted octanol–water partition coefficient (Wildman–Crippen LogP) is 6.01. The normalized spacial score (nSPS) is 11.1. The molecule has 0 unspecified atom stereocenters. The maximum Gasteiger partial charge on any atom is 0.225 e. The summed E-state index contributed by atoms with van der Waals surface area (Å²) in [6.45, 7) is 0. The molecule has 0 bridgehead atoms. The Morgan fingerprint density at radius 3 is 2.11 bits per heavy atom. The van der Waals surface area contributed by atoms with Crippen LogP contribution >= 0.6 is 0 Å². The maximum atomic E-state index is 13.1. The van der Waals surface area contributed by atoms with Crippen molar-refractivity contribution in [3.8, 4) is 22.6 Å². The van der Waals surface area contributed by atoms with Crippen LogP contribution in [0.3, 0.4) is 0 Å². The van der Waals surface area contributed by atoms with E-state index >= 15 is 0 Å². The molecule has 0 radical (unpaired) electrons. The number of aromatic nitrogens is 5. The van der Waals surface area contributed by atoms with Crippen molar-refractivity contribution in [3.05, 3.63) is 133 Å². The Balaban J connectivity index is 1.20. The fourth-order valence-electron chi connectivity index (χ4n) is 4.54. The second-order valence-corrected chi connectivity index (χ2v) is 8.96. The van der Waals surface area contributed by atoms with Crippen LogP contribution in [-0.4, -0.2) is 30.7 Å². The lowest BCUT2D eigenvalue weighted by Gasteiger charge is -2.18. The zero-order valence-electron chi connectivity index (χ0n) is 20.5. The van der Waals surface area contributed by atoms with E-state index in [-0.39, 0.29) is 11.8 Å². The molecule has 0 aliphatic carbocycles. The van der Waals surface area contributed by atoms with Crippen molar-refractivity contribution in [2.24, 2.45) is 0 Å². The Labute approximate surface area is 219 Å². The summed E-state index contributed by atoms with van der Waals surface area (Å²) >= 11 is 0. The molecule has 0 aliphatic heterocycles. The Bertz CT molecular complexity index is 1630. The van der Waals surface area contributed by atoms with Gasteiger partial charge in [-0.25, -0.2) is 0 Å². The van der Waals surface area contributed by atoms with Gasteiger partial charge < -0.3 is 5.32 Å². The SMILES string of the molecule is O=C(CC(c1ccccc1)c1ccccc1)Nc1ccc(-c2ccc3nnc(-c4cccnc4)n3n2)cc1. The van der Waals surface area contributed by atoms with Crippen molar-refractivity contribution in [1.29, 1.82) is 0 Å². The zero-order chi connectivity index (χ0) is 25.7. The number of rotatable bonds is 7. The topological polar surface area (TPSA) is 85.1 Å². The van der Waals surface area contributed by atoms with Gasteiger partial charge in [-0.3, -0.25) is 9.78 Å². The van der Waals surface area contributed by atoms with Crippen molar-refractivity contribution in [1.82, 2.24) is 24.8 Å². The summed E-state index contributed by atoms with van der Waals surface area (Å²) in [5, 5.41) is 16.3. The quantitative estimate of drug-likeness (QED) is 0.292. The summed E-state index contributed by atoms with van der Waals surface area (Å²) in [5.74, 6) is 0.566. The first-order valence-electron chi connectivity index (χ1n) is 12.4. The maximum absolute atomic E-state index is 13.1. The van der Waals surface area contributed by atoms with Gasteiger partial charge >= 0.3 is 0 Å². The highest BCUT2D eigenvalue weighted by molar-refractivity contribution is 5.91. The fraction of sp³-hybridized carbons (Fsp3) is 0.0645. The van der Waals surface area contributed by atoms with Gasteiger partial charge in [-0.1, -0.05) is 72.8 Å². The first-order chi connectivity index (χ1) is 18.7. The van der Waals surface area contributed by atoms with E-state index in [1.165, 1.54) is 0 Å². The van der Waals surface area contributed by atoms with Gasteiger partial charge in [-0.2, -0.15) is 9.61 Å². The number of amides is 1. The van der Waals surface area contributed by atoms with Crippen LogP contribution in [0.1, 0.15) is 23.5 Å². The molecule has 6 aromatic rings. The van der Waals surface area contributed by atoms with E-state index in [9.17, 15) is 4.79 Å². The molecule has 3 aromatic carbocycles. The van der Waals surface area contributed by atoms with E-state index < -0.39 is 0 Å². The van der Waals surface area contributed by atoms with E-state index in [0.29, 0.717) is 17.9 Å². The number of fused-ring (bicyclic) bond motifs is 1. The van der Waals surface area contributed by atoms with Crippen molar-refractivity contribution < 1.29 is 4.79 Å². The second-order valence-electron chi connectivity index (χ2n) is 8.96. The Morgan fingerprint density at radius 1 is 0.737 bits per heavy atom. The zero-order valence-corrected chi connectivity index (χ0v) is 20.5. The van der Waals surface area contributed by atoms with Crippen LogP contribution in [-0.2, 0) is 4.79 Å². The van der Waals surface area contributed by atoms with E-state index in [2.05, 4.69) is 44.8 Å². The van der Waals surface area contributed by atoms with Crippen molar-refractivity contribution >= 4 is 17.2 Å². The monoisotopic (exact) mass is 496 g/mol. The number of carbonyl (C=O) groups excluding carboxylic acids is 1. The molecule has 1 amide bonds. The number of nitrogens with one attached hydrogen (secondary N) is 1. The Morgan fingerprint density at radius 2 is 1.45 bits per heavy atom. The third-order valence-corrected chi connectivity index (χ3v) is 6.44. The minimum atomic E-state index is -0.0411. The summed E-state index contributed by atoms with van der Waals surface area (Å²) in [4.78, 5) is 17.2. The van der Waals surface area contributed by atoms with Crippen LogP contribution in [0.5, 0.6) is 0 Å². The molecule has 0 saturated carbocycles. The lowest BCUT2D eigenvalue weighted by molar-refractivity contribution is -0.116. The number of pyridine rings is 1. The van der Waals surface area contributed by atoms with Crippen LogP contribution in [0.4, 0.5) is 5.69 Å². The van der Waals surface area contributed by atoms with E-state index in [0.717, 1.165) is 33.6 Å². The molecule has 3 aromatic heterocycles. The average molecular weight is 497 g/mol. The number of nitrogens with zero attached hydrogens (tertiary/aromatic N) is 5. The molecular weight excluding hydrogens is 472 g/mol. The third-order valence-electron chi connectivity index (χ3n) is 6.44. The van der Waals surface area contributed by atoms with Crippen LogP contribution in [0.25, 0.3) is 28.3 Å². The molecule has 0 saturated heterocycles. The van der Waals surface area contributed by atoms with Crippen LogP contribution in [0, 0.1) is 0 Å². The molecule has 1 N–H and O–H groups in total. The van der Waals surface area contributed by atoms with Gasteiger partial charge in [0.2, 0.25) is 5.91 Å². The summed E-state index contributed by atoms with van der Waals surface area (Å²) in [6, 6.07) is 35.5. The molecule has 184 valence electrons. The molecule has 0 aliphatic rings. The Hall–Kier alpha value is -5.17. The highest BCUT2D eigenvalue weighted by atomic mass is 16.1. The highest BCUT2D eigenvalue weighted by Gasteiger charge is 2.18. The largest absolute Gasteiger partial charge is 0.326 e. The number of benzene rings is 3. The predicted molar refractivity (Wildman–Crippen MR) is 147 cm³/mol. The lowest BCUT2D eigenvalue weighted by atomic mass is 9.88. The lowest BCUT2D eigenvalue weighted by Crippen LogP contribution is -2.16. The van der Waals surface area contributed by atoms with Crippen molar-refractivity contribution in [2.75, 3.05) is 5.32 Å². The number of hydrogen-bond donors (Lipinski definition) is 1. The fourth-order valence-corrected chi connectivity index (χ4v) is 4.54. The highest BCUT2D eigenvalue weighted by Crippen LogP contribution is 2.29. The van der Waals surface area contributed by atoms with Gasteiger partial charge in [0.15, 0.2) is 11.5 Å². The molecule has 7 heteroatoms. The third kappa shape index (κ3) is 4.90. The van der Waals surface area contributed by atoms with E-state index in [4.69, 9.17) is 5.10 Å². The smallest absolute Gasteiger partial charge is 0.225 e. The first kappa shape index (κ1) is 23.2. The standard InChI is InChI=1S/C31H24N6O/c38-30(20-27(22-8-3-1-4-9-22)23-10-5-2-6-11-23)33-26-15-13-24(14-16-26)28-17-18-29-34-35-31(37(29)36-28)25-12-7-19-32-21-25/h1-19,21,27H,20H2,(H,33,38). The van der Waals surface area contributed by atoms with Gasteiger partial charge in [-0.05, 0) is 47.5 Å². The van der Waals surface area contributed by atoms with Gasteiger partial charge in [0, 0.05) is 41.5 Å². The number of carbonyl (C=O) groups is 1. The van der Waals surface area contributed by atoms with Gasteiger partial charge in [-0.15, -0.1) is 10.2 Å². The summed E-state index contributed by atoms with van der Waals surface area (Å²) < 4.78 is 1.72. The first-order valence-corrected chi connectivity index (χ1v) is 12.4. The summed E-state index contributed by atoms with van der Waals surface area (Å²) in [7, 11) is 0. The molecule has 0 fully saturated rings. The summed E-state index contributed by atoms with van der Waals surface area (Å²) in [6.07, 6.45) is 3.80. The number of hydrogen-bond acceptors (Lipinski definition) is 5. The average Bonchev–Trinajstić information content (AvgIpc) is 3.41. The molecule has 6 rings (SSSR count). The molecule has 38 heavy (non-hydrogen) atoms. The summed E-state index contributed by atoms with van der Waals surface area (Å²) in [5.41, 5.74) is 6.15. The van der Waals surface area contributed by atoms with Crippen molar-refractivity contribution in [2.45, 2.75) is 12.3 Å².